The molecule has 4 aliphatic carbocycles. The van der Waals surface area contributed by atoms with Crippen molar-refractivity contribution in [2.75, 3.05) is 7.11 Å². The number of hydrogen-bond donors (Lipinski definition) is 0. The highest BCUT2D eigenvalue weighted by Gasteiger charge is 2.61. The lowest BCUT2D eigenvalue weighted by Gasteiger charge is -2.59. The molecule has 0 aromatic rings. The highest BCUT2D eigenvalue weighted by Crippen LogP contribution is 2.69. The Balaban J connectivity index is 1.52. The van der Waals surface area contributed by atoms with Gasteiger partial charge >= 0.3 is 0 Å². The lowest BCUT2D eigenvalue weighted by Crippen LogP contribution is -2.51. The predicted octanol–water partition coefficient (Wildman–Crippen LogP) is 5.66. The van der Waals surface area contributed by atoms with E-state index in [1.165, 1.54) is 31.3 Å². The summed E-state index contributed by atoms with van der Waals surface area (Å²) in [5.41, 5.74) is 3.61. The summed E-state index contributed by atoms with van der Waals surface area (Å²) < 4.78 is 11.7. The maximum absolute atomic E-state index is 12.2. The molecule has 0 bridgehead atoms. The van der Waals surface area contributed by atoms with Gasteiger partial charge in [-0.05, 0) is 91.1 Å². The minimum Gasteiger partial charge on any atom is -0.470 e. The zero-order valence-corrected chi connectivity index (χ0v) is 18.2. The van der Waals surface area contributed by atoms with Gasteiger partial charge < -0.3 is 9.47 Å². The Bertz CT molecular complexity index is 764. The molecular weight excluding hydrogens is 348 g/mol. The third-order valence-corrected chi connectivity index (χ3v) is 9.66. The smallest absolute Gasteiger partial charge is 0.199 e. The van der Waals surface area contributed by atoms with Crippen LogP contribution >= 0.6 is 0 Å². The first-order valence-corrected chi connectivity index (χ1v) is 11.4. The van der Waals surface area contributed by atoms with Crippen molar-refractivity contribution < 1.29 is 14.3 Å². The molecule has 3 nitrogen and oxygen atoms in total. The van der Waals surface area contributed by atoms with E-state index in [1.54, 1.807) is 12.7 Å². The van der Waals surface area contributed by atoms with Crippen LogP contribution in [-0.2, 0) is 14.3 Å². The SMILES string of the molecule is CO[C@@H]1C[C@@H]2C[C@@H]3[C@@H]4C[C@H](C)C5=CC(=O)CC[C@]5(C)[C@@H]4CC[C@@]3(C)C2=C(C)O1. The molecule has 0 saturated heterocycles. The van der Waals surface area contributed by atoms with Gasteiger partial charge in [-0.25, -0.2) is 0 Å². The second kappa shape index (κ2) is 6.20. The van der Waals surface area contributed by atoms with Crippen LogP contribution in [-0.4, -0.2) is 19.2 Å². The van der Waals surface area contributed by atoms with E-state index in [0.717, 1.165) is 42.8 Å². The molecule has 0 unspecified atom stereocenters. The van der Waals surface area contributed by atoms with Crippen molar-refractivity contribution in [1.82, 2.24) is 0 Å². The highest BCUT2D eigenvalue weighted by molar-refractivity contribution is 5.91. The first-order valence-electron chi connectivity index (χ1n) is 11.4. The van der Waals surface area contributed by atoms with Gasteiger partial charge in [0.2, 0.25) is 0 Å². The van der Waals surface area contributed by atoms with Gasteiger partial charge in [0.25, 0.3) is 0 Å². The first-order chi connectivity index (χ1) is 13.3. The number of carbonyl (C=O) groups excluding carboxylic acids is 1. The Morgan fingerprint density at radius 2 is 1.89 bits per heavy atom. The zero-order valence-electron chi connectivity index (χ0n) is 18.2. The van der Waals surface area contributed by atoms with Gasteiger partial charge in [-0.3, -0.25) is 4.79 Å². The Kier molecular flexibility index (Phi) is 4.19. The average molecular weight is 385 g/mol. The molecule has 1 heterocycles. The van der Waals surface area contributed by atoms with Crippen molar-refractivity contribution in [2.45, 2.75) is 78.9 Å². The molecule has 3 saturated carbocycles. The van der Waals surface area contributed by atoms with Crippen molar-refractivity contribution >= 4 is 5.78 Å². The molecule has 0 spiro atoms. The van der Waals surface area contributed by atoms with Gasteiger partial charge in [0.1, 0.15) is 0 Å². The van der Waals surface area contributed by atoms with E-state index in [1.807, 2.05) is 6.08 Å². The van der Waals surface area contributed by atoms with Crippen molar-refractivity contribution in [3.63, 3.8) is 0 Å². The first kappa shape index (κ1) is 18.9. The molecule has 154 valence electrons. The number of hydrogen-bond acceptors (Lipinski definition) is 3. The number of ether oxygens (including phenoxy) is 2. The Morgan fingerprint density at radius 3 is 2.64 bits per heavy atom. The van der Waals surface area contributed by atoms with Gasteiger partial charge in [-0.2, -0.15) is 0 Å². The number of rotatable bonds is 1. The molecule has 5 rings (SSSR count). The molecule has 1 aliphatic heterocycles. The van der Waals surface area contributed by atoms with Crippen molar-refractivity contribution in [3.8, 4) is 0 Å². The summed E-state index contributed by atoms with van der Waals surface area (Å²) >= 11 is 0. The Labute approximate surface area is 169 Å². The monoisotopic (exact) mass is 384 g/mol. The summed E-state index contributed by atoms with van der Waals surface area (Å²) in [6.07, 6.45) is 9.91. The molecule has 0 N–H and O–H groups in total. The number of allylic oxidation sites excluding steroid dienone is 3. The molecule has 3 fully saturated rings. The van der Waals surface area contributed by atoms with Crippen molar-refractivity contribution in [1.29, 1.82) is 0 Å². The second-order valence-electron chi connectivity index (χ2n) is 10.9. The maximum atomic E-state index is 12.2. The minimum atomic E-state index is -0.0741. The third-order valence-electron chi connectivity index (χ3n) is 9.66. The van der Waals surface area contributed by atoms with E-state index >= 15 is 0 Å². The van der Waals surface area contributed by atoms with Crippen LogP contribution in [0.2, 0.25) is 0 Å². The molecule has 0 aromatic carbocycles. The van der Waals surface area contributed by atoms with Crippen molar-refractivity contribution in [3.05, 3.63) is 23.0 Å². The van der Waals surface area contributed by atoms with Gasteiger partial charge in [-0.1, -0.05) is 26.3 Å². The third kappa shape index (κ3) is 2.41. The van der Waals surface area contributed by atoms with E-state index in [0.29, 0.717) is 17.6 Å². The fourth-order valence-electron chi connectivity index (χ4n) is 8.55. The topological polar surface area (TPSA) is 35.5 Å². The quantitative estimate of drug-likeness (QED) is 0.585. The van der Waals surface area contributed by atoms with Crippen LogP contribution in [0.4, 0.5) is 0 Å². The number of methoxy groups -OCH3 is 1. The standard InChI is InChI=1S/C25H36O3/c1-14-10-18-19(24(3)8-6-17(26)13-20(14)24)7-9-25(4)21(18)11-16-12-22(27-5)28-15(2)23(16)25/h13-14,16,18-19,21-22H,6-12H2,1-5H3/t14-,16-,18+,19+,21+,22-,24+,25+/m0/s1. The fraction of sp³-hybridized carbons (Fsp3) is 0.800. The lowest BCUT2D eigenvalue weighted by molar-refractivity contribution is -0.118. The minimum absolute atomic E-state index is 0.0741. The van der Waals surface area contributed by atoms with Crippen LogP contribution in [0.25, 0.3) is 0 Å². The molecule has 28 heavy (non-hydrogen) atoms. The lowest BCUT2D eigenvalue weighted by atomic mass is 9.45. The molecule has 3 heteroatoms. The van der Waals surface area contributed by atoms with E-state index < -0.39 is 0 Å². The molecular formula is C25H36O3. The zero-order chi connectivity index (χ0) is 19.8. The number of fused-ring (bicyclic) bond motifs is 7. The summed E-state index contributed by atoms with van der Waals surface area (Å²) in [4.78, 5) is 12.2. The fourth-order valence-corrected chi connectivity index (χ4v) is 8.55. The van der Waals surface area contributed by atoms with Gasteiger partial charge in [0.05, 0.1) is 5.76 Å². The van der Waals surface area contributed by atoms with Crippen LogP contribution in [0.1, 0.15) is 72.6 Å². The molecule has 5 aliphatic rings. The van der Waals surface area contributed by atoms with E-state index in [9.17, 15) is 4.79 Å². The second-order valence-corrected chi connectivity index (χ2v) is 10.9. The summed E-state index contributed by atoms with van der Waals surface area (Å²) in [5.74, 6) is 4.93. The normalized spacial score (nSPS) is 50.2. The van der Waals surface area contributed by atoms with Crippen LogP contribution in [0.3, 0.4) is 0 Å². The van der Waals surface area contributed by atoms with Crippen LogP contribution < -0.4 is 0 Å². The average Bonchev–Trinajstić information content (AvgIpc) is 2.96. The van der Waals surface area contributed by atoms with E-state index in [2.05, 4.69) is 27.7 Å². The largest absolute Gasteiger partial charge is 0.470 e. The van der Waals surface area contributed by atoms with E-state index in [4.69, 9.17) is 9.47 Å². The number of carbonyl (C=O) groups is 1. The predicted molar refractivity (Wildman–Crippen MR) is 109 cm³/mol. The summed E-state index contributed by atoms with van der Waals surface area (Å²) in [5, 5.41) is 0. The van der Waals surface area contributed by atoms with Gasteiger partial charge in [-0.15, -0.1) is 0 Å². The Hall–Kier alpha value is -1.09. The summed E-state index contributed by atoms with van der Waals surface area (Å²) in [7, 11) is 1.77. The van der Waals surface area contributed by atoms with Crippen LogP contribution in [0, 0.1) is 40.4 Å². The van der Waals surface area contributed by atoms with E-state index in [-0.39, 0.29) is 17.1 Å². The van der Waals surface area contributed by atoms with Crippen molar-refractivity contribution in [2.24, 2.45) is 40.4 Å². The summed E-state index contributed by atoms with van der Waals surface area (Å²) in [6, 6.07) is 0. The summed E-state index contributed by atoms with van der Waals surface area (Å²) in [6.45, 7) is 9.57. The molecule has 0 aromatic heterocycles. The molecule has 8 atom stereocenters. The van der Waals surface area contributed by atoms with Gasteiger partial charge in [0, 0.05) is 20.0 Å². The van der Waals surface area contributed by atoms with Crippen LogP contribution in [0.5, 0.6) is 0 Å². The molecule has 0 amide bonds. The maximum Gasteiger partial charge on any atom is 0.199 e. The van der Waals surface area contributed by atoms with Crippen LogP contribution in [0.15, 0.2) is 23.0 Å². The number of ketones is 1. The van der Waals surface area contributed by atoms with Gasteiger partial charge in [0.15, 0.2) is 12.1 Å². The highest BCUT2D eigenvalue weighted by atomic mass is 16.7. The Morgan fingerprint density at radius 1 is 1.11 bits per heavy atom. The molecule has 0 radical (unpaired) electrons.